The van der Waals surface area contributed by atoms with Crippen LogP contribution in [0.4, 0.5) is 0 Å². The van der Waals surface area contributed by atoms with Gasteiger partial charge < -0.3 is 18.9 Å². The highest BCUT2D eigenvalue weighted by Crippen LogP contribution is 2.46. The van der Waals surface area contributed by atoms with Gasteiger partial charge in [0.2, 0.25) is 0 Å². The number of hydrogen-bond donors (Lipinski definition) is 0. The molecule has 0 bridgehead atoms. The molecule has 300 valence electrons. The third kappa shape index (κ3) is 11.1. The van der Waals surface area contributed by atoms with E-state index >= 15 is 0 Å². The van der Waals surface area contributed by atoms with Gasteiger partial charge in [-0.1, -0.05) is 134 Å². The zero-order valence-corrected chi connectivity index (χ0v) is 36.9. The maximum atomic E-state index is 6.94. The van der Waals surface area contributed by atoms with Crippen molar-refractivity contribution < 1.29 is 18.9 Å². The summed E-state index contributed by atoms with van der Waals surface area (Å²) < 4.78 is 25.2. The molecule has 4 nitrogen and oxygen atoms in total. The summed E-state index contributed by atoms with van der Waals surface area (Å²) in [5.74, 6) is 3.56. The number of benzene rings is 2. The quantitative estimate of drug-likeness (QED) is 0.0796. The topological polar surface area (TPSA) is 43.5 Å². The van der Waals surface area contributed by atoms with Crippen LogP contribution in [0.3, 0.4) is 0 Å². The number of rotatable bonds is 24. The van der Waals surface area contributed by atoms with Gasteiger partial charge in [-0.2, -0.15) is 0 Å². The molecule has 2 aromatic rings. The van der Waals surface area contributed by atoms with Crippen LogP contribution in [0.15, 0.2) is 24.3 Å². The van der Waals surface area contributed by atoms with Crippen LogP contribution in [-0.4, -0.2) is 38.6 Å². The van der Waals surface area contributed by atoms with Gasteiger partial charge in [0.1, 0.15) is 11.5 Å². The highest BCUT2D eigenvalue weighted by Gasteiger charge is 2.35. The smallest absolute Gasteiger partial charge is 0.126 e. The van der Waals surface area contributed by atoms with Gasteiger partial charge in [0.05, 0.1) is 38.6 Å². The largest absolute Gasteiger partial charge is 0.493 e. The molecule has 0 aromatic heterocycles. The van der Waals surface area contributed by atoms with Crippen molar-refractivity contribution in [2.24, 2.45) is 11.8 Å². The molecule has 0 N–H and O–H groups in total. The molecule has 2 aromatic carbocycles. The van der Waals surface area contributed by atoms with E-state index in [1.807, 2.05) is 0 Å². The van der Waals surface area contributed by atoms with Crippen molar-refractivity contribution in [3.8, 4) is 11.5 Å². The van der Waals surface area contributed by atoms with Gasteiger partial charge in [-0.25, -0.2) is 0 Å². The molecule has 0 saturated carbocycles. The number of hydrogen-bond acceptors (Lipinski definition) is 4. The predicted molar refractivity (Wildman–Crippen MR) is 225 cm³/mol. The highest BCUT2D eigenvalue weighted by atomic mass is 16.6. The highest BCUT2D eigenvalue weighted by molar-refractivity contribution is 5.55. The van der Waals surface area contributed by atoms with Gasteiger partial charge in [0, 0.05) is 22.3 Å². The van der Waals surface area contributed by atoms with Crippen molar-refractivity contribution in [3.05, 3.63) is 57.6 Å². The van der Waals surface area contributed by atoms with Crippen molar-refractivity contribution in [2.75, 3.05) is 26.4 Å². The summed E-state index contributed by atoms with van der Waals surface area (Å²) in [5.41, 5.74) is 8.15. The van der Waals surface area contributed by atoms with Gasteiger partial charge in [0.25, 0.3) is 0 Å². The molecule has 0 aliphatic carbocycles. The molecule has 2 heterocycles. The maximum Gasteiger partial charge on any atom is 0.126 e. The minimum absolute atomic E-state index is 0.0114. The monoisotopic (exact) mass is 733 g/mol. The molecular weight excluding hydrogens is 653 g/mol. The average Bonchev–Trinajstić information content (AvgIpc) is 4.07. The first-order chi connectivity index (χ1) is 25.0. The Morgan fingerprint density at radius 2 is 0.811 bits per heavy atom. The second-order valence-corrected chi connectivity index (χ2v) is 19.2. The molecule has 0 spiro atoms. The lowest BCUT2D eigenvalue weighted by atomic mass is 9.73. The molecule has 53 heavy (non-hydrogen) atoms. The Hall–Kier alpha value is -2.04. The Labute approximate surface area is 326 Å². The second kappa shape index (κ2) is 18.3. The standard InChI is InChI=1S/C49H80O4/c1-15-36(42-32-52-42)23-21-25-50-44-38(46(7,8)17-3)28-34(29-39(44)47(9,10)18-4)27-35-30-40(48(11,12)19-5)45(41(31-35)49(13,14)20-6)51-26-22-24-37(16-2)43-33-53-43/h28-31,36-37,42-43H,15-27,32-33H2,1-14H3. The Morgan fingerprint density at radius 1 is 0.528 bits per heavy atom. The van der Waals surface area contributed by atoms with E-state index in [1.165, 1.54) is 59.1 Å². The van der Waals surface area contributed by atoms with E-state index in [-0.39, 0.29) is 21.7 Å². The molecule has 4 atom stereocenters. The minimum atomic E-state index is -0.0114. The lowest BCUT2D eigenvalue weighted by molar-refractivity contribution is 0.254. The zero-order valence-electron chi connectivity index (χ0n) is 36.9. The third-order valence-electron chi connectivity index (χ3n) is 13.9. The van der Waals surface area contributed by atoms with E-state index in [0.717, 1.165) is 82.9 Å². The molecule has 2 saturated heterocycles. The SMILES string of the molecule is CCC(CCCOc1c(C(C)(C)CC)cc(Cc2cc(C(C)(C)CC)c(OCCCC(CC)C3CO3)c(C(C)(C)CC)c2)cc1C(C)(C)CC)C1CO1. The Balaban J connectivity index is 1.75. The molecule has 4 unspecified atom stereocenters. The Bertz CT molecular complexity index is 1270. The van der Waals surface area contributed by atoms with E-state index in [2.05, 4.69) is 121 Å². The molecule has 2 aliphatic heterocycles. The molecule has 2 aliphatic rings. The fraction of sp³-hybridized carbons (Fsp3) is 0.755. The van der Waals surface area contributed by atoms with Crippen molar-refractivity contribution in [3.63, 3.8) is 0 Å². The normalized spacial score (nSPS) is 18.9. The van der Waals surface area contributed by atoms with Crippen LogP contribution in [0.5, 0.6) is 11.5 Å². The van der Waals surface area contributed by atoms with Crippen molar-refractivity contribution in [1.82, 2.24) is 0 Å². The summed E-state index contributed by atoms with van der Waals surface area (Å²) >= 11 is 0. The molecule has 0 radical (unpaired) electrons. The van der Waals surface area contributed by atoms with Gasteiger partial charge in [0.15, 0.2) is 0 Å². The van der Waals surface area contributed by atoms with E-state index in [4.69, 9.17) is 18.9 Å². The zero-order chi connectivity index (χ0) is 39.2. The van der Waals surface area contributed by atoms with E-state index in [1.54, 1.807) is 0 Å². The van der Waals surface area contributed by atoms with Crippen molar-refractivity contribution in [1.29, 1.82) is 0 Å². The van der Waals surface area contributed by atoms with E-state index in [0.29, 0.717) is 24.0 Å². The minimum Gasteiger partial charge on any atom is -0.493 e. The summed E-state index contributed by atoms with van der Waals surface area (Å²) in [6.07, 6.45) is 12.9. The van der Waals surface area contributed by atoms with Gasteiger partial charge in [-0.3, -0.25) is 0 Å². The van der Waals surface area contributed by atoms with Crippen LogP contribution in [0.2, 0.25) is 0 Å². The van der Waals surface area contributed by atoms with Crippen LogP contribution in [0.25, 0.3) is 0 Å². The lowest BCUT2D eigenvalue weighted by Crippen LogP contribution is -2.24. The van der Waals surface area contributed by atoms with Crippen LogP contribution < -0.4 is 9.47 Å². The first-order valence-corrected chi connectivity index (χ1v) is 21.8. The number of ether oxygens (including phenoxy) is 4. The van der Waals surface area contributed by atoms with Crippen LogP contribution in [0, 0.1) is 11.8 Å². The summed E-state index contributed by atoms with van der Waals surface area (Å²) in [7, 11) is 0. The van der Waals surface area contributed by atoms with Gasteiger partial charge in [-0.15, -0.1) is 0 Å². The molecule has 0 amide bonds. The Kier molecular flexibility index (Phi) is 15.1. The fourth-order valence-electron chi connectivity index (χ4n) is 7.90. The van der Waals surface area contributed by atoms with Crippen LogP contribution >= 0.6 is 0 Å². The van der Waals surface area contributed by atoms with Crippen molar-refractivity contribution in [2.45, 2.75) is 201 Å². The molecule has 4 heteroatoms. The fourth-order valence-corrected chi connectivity index (χ4v) is 7.90. The summed E-state index contributed by atoms with van der Waals surface area (Å²) in [6.45, 7) is 36.4. The summed E-state index contributed by atoms with van der Waals surface area (Å²) in [4.78, 5) is 0. The van der Waals surface area contributed by atoms with Gasteiger partial charge >= 0.3 is 0 Å². The average molecular weight is 733 g/mol. The van der Waals surface area contributed by atoms with Crippen LogP contribution in [0.1, 0.15) is 195 Å². The Morgan fingerprint density at radius 3 is 1.04 bits per heavy atom. The van der Waals surface area contributed by atoms with E-state index < -0.39 is 0 Å². The third-order valence-corrected chi connectivity index (χ3v) is 13.9. The number of epoxide rings is 2. The first-order valence-electron chi connectivity index (χ1n) is 21.8. The second-order valence-electron chi connectivity index (χ2n) is 19.2. The predicted octanol–water partition coefficient (Wildman–Crippen LogP) is 13.2. The lowest BCUT2D eigenvalue weighted by Gasteiger charge is -2.34. The molecule has 2 fully saturated rings. The molecular formula is C49H80O4. The summed E-state index contributed by atoms with van der Waals surface area (Å²) in [6, 6.07) is 9.98. The summed E-state index contributed by atoms with van der Waals surface area (Å²) in [5, 5.41) is 0. The molecule has 4 rings (SSSR count). The first kappa shape index (κ1) is 43.7. The van der Waals surface area contributed by atoms with Crippen LogP contribution in [-0.2, 0) is 37.6 Å². The van der Waals surface area contributed by atoms with E-state index in [9.17, 15) is 0 Å². The van der Waals surface area contributed by atoms with Crippen molar-refractivity contribution >= 4 is 0 Å². The maximum absolute atomic E-state index is 6.94. The van der Waals surface area contributed by atoms with Gasteiger partial charge in [-0.05, 0) is 102 Å².